The van der Waals surface area contributed by atoms with Crippen LogP contribution in [0, 0.1) is 0 Å². The molecular weight excluding hydrogens is 316 g/mol. The number of hydrogen-bond acceptors (Lipinski definition) is 4. The van der Waals surface area contributed by atoms with Crippen LogP contribution in [0.1, 0.15) is 20.3 Å². The Kier molecular flexibility index (Phi) is 4.06. The fourth-order valence-corrected chi connectivity index (χ4v) is 4.03. The molecular formula is C20H22N2O3. The average molecular weight is 338 g/mol. The van der Waals surface area contributed by atoms with E-state index in [9.17, 15) is 9.59 Å². The van der Waals surface area contributed by atoms with E-state index >= 15 is 0 Å². The summed E-state index contributed by atoms with van der Waals surface area (Å²) < 4.78 is 5.76. The van der Waals surface area contributed by atoms with Gasteiger partial charge < -0.3 is 4.74 Å². The van der Waals surface area contributed by atoms with Gasteiger partial charge in [-0.05, 0) is 25.3 Å². The van der Waals surface area contributed by atoms with Crippen LogP contribution in [0.25, 0.3) is 10.8 Å². The van der Waals surface area contributed by atoms with Crippen molar-refractivity contribution in [1.82, 2.24) is 4.90 Å². The zero-order chi connectivity index (χ0) is 17.6. The summed E-state index contributed by atoms with van der Waals surface area (Å²) in [6.45, 7) is 5.37. The lowest BCUT2D eigenvalue weighted by Gasteiger charge is -2.37. The molecule has 4 rings (SSSR count). The van der Waals surface area contributed by atoms with Gasteiger partial charge >= 0.3 is 0 Å². The molecule has 2 aromatic rings. The van der Waals surface area contributed by atoms with Crippen molar-refractivity contribution in [2.75, 3.05) is 18.0 Å². The Morgan fingerprint density at radius 1 is 0.960 bits per heavy atom. The van der Waals surface area contributed by atoms with Crippen LogP contribution in [0.15, 0.2) is 42.5 Å². The van der Waals surface area contributed by atoms with Crippen LogP contribution in [0.4, 0.5) is 5.69 Å². The van der Waals surface area contributed by atoms with Crippen LogP contribution in [0.3, 0.4) is 0 Å². The fraction of sp³-hybridized carbons (Fsp3) is 0.400. The number of carbonyl (C=O) groups is 2. The maximum Gasteiger partial charge on any atom is 0.251 e. The second-order valence-corrected chi connectivity index (χ2v) is 7.00. The van der Waals surface area contributed by atoms with E-state index in [0.717, 1.165) is 10.8 Å². The summed E-state index contributed by atoms with van der Waals surface area (Å²) in [7, 11) is 0. The van der Waals surface area contributed by atoms with Gasteiger partial charge in [0.25, 0.3) is 5.91 Å². The zero-order valence-electron chi connectivity index (χ0n) is 14.5. The first-order valence-electron chi connectivity index (χ1n) is 8.78. The molecule has 5 heteroatoms. The van der Waals surface area contributed by atoms with Crippen LogP contribution >= 0.6 is 0 Å². The molecule has 0 spiro atoms. The van der Waals surface area contributed by atoms with Crippen molar-refractivity contribution in [2.24, 2.45) is 0 Å². The highest BCUT2D eigenvalue weighted by Gasteiger charge is 2.44. The maximum atomic E-state index is 13.1. The van der Waals surface area contributed by atoms with Crippen molar-refractivity contribution in [2.45, 2.75) is 38.5 Å². The van der Waals surface area contributed by atoms with E-state index < -0.39 is 0 Å². The Bertz CT molecular complexity index is 819. The van der Waals surface area contributed by atoms with Gasteiger partial charge in [-0.1, -0.05) is 36.4 Å². The highest BCUT2D eigenvalue weighted by atomic mass is 16.5. The summed E-state index contributed by atoms with van der Waals surface area (Å²) in [5.41, 5.74) is 0.685. The fourth-order valence-electron chi connectivity index (χ4n) is 4.03. The number of imide groups is 1. The number of amides is 2. The van der Waals surface area contributed by atoms with Gasteiger partial charge in [0.15, 0.2) is 0 Å². The number of ether oxygens (including phenoxy) is 1. The van der Waals surface area contributed by atoms with Crippen molar-refractivity contribution in [3.8, 4) is 0 Å². The highest BCUT2D eigenvalue weighted by Crippen LogP contribution is 2.32. The number of nitrogens with zero attached hydrogens (tertiary/aromatic N) is 2. The summed E-state index contributed by atoms with van der Waals surface area (Å²) in [5, 5.41) is 1.95. The van der Waals surface area contributed by atoms with Crippen LogP contribution < -0.4 is 4.90 Å². The predicted octanol–water partition coefficient (Wildman–Crippen LogP) is 2.58. The number of fused-ring (bicyclic) bond motifs is 1. The molecule has 2 heterocycles. The van der Waals surface area contributed by atoms with E-state index in [1.165, 1.54) is 4.90 Å². The van der Waals surface area contributed by atoms with Gasteiger partial charge in [0.05, 0.1) is 30.4 Å². The molecule has 3 atom stereocenters. The van der Waals surface area contributed by atoms with Crippen LogP contribution in [-0.2, 0) is 14.3 Å². The normalized spacial score (nSPS) is 28.1. The van der Waals surface area contributed by atoms with E-state index in [2.05, 4.69) is 4.90 Å². The SMILES string of the molecule is C[C@@H]1CN([C@H]2CC(=O)N(c3cccc4ccccc34)C2=O)C[C@H](C)O1. The number of hydrogen-bond donors (Lipinski definition) is 0. The van der Waals surface area contributed by atoms with E-state index in [4.69, 9.17) is 4.74 Å². The minimum absolute atomic E-state index is 0.0678. The summed E-state index contributed by atoms with van der Waals surface area (Å²) in [6.07, 6.45) is 0.373. The van der Waals surface area contributed by atoms with Crippen LogP contribution in [0.2, 0.25) is 0 Å². The quantitative estimate of drug-likeness (QED) is 0.790. The first-order valence-corrected chi connectivity index (χ1v) is 8.78. The molecule has 0 aromatic heterocycles. The molecule has 2 aliphatic heterocycles. The van der Waals surface area contributed by atoms with Crippen LogP contribution in [0.5, 0.6) is 0 Å². The predicted molar refractivity (Wildman–Crippen MR) is 96.4 cm³/mol. The second-order valence-electron chi connectivity index (χ2n) is 7.00. The molecule has 2 aliphatic rings. The van der Waals surface area contributed by atoms with Crippen LogP contribution in [-0.4, -0.2) is 48.1 Å². The Balaban J connectivity index is 1.67. The lowest BCUT2D eigenvalue weighted by molar-refractivity contribution is -0.127. The van der Waals surface area contributed by atoms with Crippen molar-refractivity contribution in [3.05, 3.63) is 42.5 Å². The van der Waals surface area contributed by atoms with Gasteiger partial charge in [-0.25, -0.2) is 4.90 Å². The molecule has 5 nitrogen and oxygen atoms in total. The molecule has 0 unspecified atom stereocenters. The first-order chi connectivity index (χ1) is 12.0. The number of morpholine rings is 1. The molecule has 2 aromatic carbocycles. The molecule has 2 fully saturated rings. The third-order valence-electron chi connectivity index (χ3n) is 5.02. The molecule has 0 saturated carbocycles. The third kappa shape index (κ3) is 2.83. The summed E-state index contributed by atoms with van der Waals surface area (Å²) in [5.74, 6) is -0.249. The number of benzene rings is 2. The van der Waals surface area contributed by atoms with Gasteiger partial charge in [-0.3, -0.25) is 14.5 Å². The molecule has 130 valence electrons. The average Bonchev–Trinajstić information content (AvgIpc) is 2.88. The second kappa shape index (κ2) is 6.24. The monoisotopic (exact) mass is 338 g/mol. The molecule has 25 heavy (non-hydrogen) atoms. The van der Waals surface area contributed by atoms with Gasteiger partial charge in [0, 0.05) is 18.5 Å². The van der Waals surface area contributed by atoms with E-state index in [1.807, 2.05) is 56.3 Å². The van der Waals surface area contributed by atoms with Gasteiger partial charge in [0.1, 0.15) is 0 Å². The van der Waals surface area contributed by atoms with Crippen molar-refractivity contribution in [1.29, 1.82) is 0 Å². The number of carbonyl (C=O) groups excluding carboxylic acids is 2. The minimum atomic E-state index is -0.389. The first kappa shape index (κ1) is 16.2. The van der Waals surface area contributed by atoms with Crippen molar-refractivity contribution in [3.63, 3.8) is 0 Å². The smallest absolute Gasteiger partial charge is 0.251 e. The Morgan fingerprint density at radius 2 is 1.64 bits per heavy atom. The largest absolute Gasteiger partial charge is 0.373 e. The highest BCUT2D eigenvalue weighted by molar-refractivity contribution is 6.25. The Labute approximate surface area is 147 Å². The molecule has 2 amide bonds. The van der Waals surface area contributed by atoms with Gasteiger partial charge in [-0.2, -0.15) is 0 Å². The lowest BCUT2D eigenvalue weighted by atomic mass is 10.1. The molecule has 0 N–H and O–H groups in total. The summed E-state index contributed by atoms with van der Waals surface area (Å²) in [6, 6.07) is 13.2. The minimum Gasteiger partial charge on any atom is -0.373 e. The van der Waals surface area contributed by atoms with E-state index in [-0.39, 0.29) is 36.5 Å². The molecule has 0 radical (unpaired) electrons. The lowest BCUT2D eigenvalue weighted by Crippen LogP contribution is -2.52. The number of anilines is 1. The van der Waals surface area contributed by atoms with Crippen molar-refractivity contribution < 1.29 is 14.3 Å². The van der Waals surface area contributed by atoms with Gasteiger partial charge in [-0.15, -0.1) is 0 Å². The third-order valence-corrected chi connectivity index (χ3v) is 5.02. The molecule has 0 aliphatic carbocycles. The Morgan fingerprint density at radius 3 is 2.40 bits per heavy atom. The summed E-state index contributed by atoms with van der Waals surface area (Å²) in [4.78, 5) is 29.3. The Hall–Kier alpha value is -2.24. The standard InChI is InChI=1S/C20H22N2O3/c1-13-11-21(12-14(2)25-13)18-10-19(23)22(20(18)24)17-9-5-7-15-6-3-4-8-16(15)17/h3-9,13-14,18H,10-12H2,1-2H3/t13-,14+,18-/m0/s1. The van der Waals surface area contributed by atoms with Gasteiger partial charge in [0.2, 0.25) is 5.91 Å². The molecule has 0 bridgehead atoms. The van der Waals surface area contributed by atoms with Crippen molar-refractivity contribution >= 4 is 28.3 Å². The number of rotatable bonds is 2. The maximum absolute atomic E-state index is 13.1. The van der Waals surface area contributed by atoms with E-state index in [0.29, 0.717) is 18.8 Å². The molecule has 2 saturated heterocycles. The van der Waals surface area contributed by atoms with E-state index in [1.54, 1.807) is 0 Å². The topological polar surface area (TPSA) is 49.9 Å². The summed E-state index contributed by atoms with van der Waals surface area (Å²) >= 11 is 0. The zero-order valence-corrected chi connectivity index (χ0v) is 14.5.